The molecule has 6 nitrogen and oxygen atoms in total. The second-order valence-electron chi connectivity index (χ2n) is 9.89. The van der Waals surface area contributed by atoms with Gasteiger partial charge in [0.05, 0.1) is 5.41 Å². The van der Waals surface area contributed by atoms with Crippen molar-refractivity contribution in [3.63, 3.8) is 0 Å². The van der Waals surface area contributed by atoms with Crippen LogP contribution in [0.25, 0.3) is 0 Å². The Morgan fingerprint density at radius 2 is 1.03 bits per heavy atom. The van der Waals surface area contributed by atoms with Gasteiger partial charge in [-0.05, 0) is 22.3 Å². The first kappa shape index (κ1) is 26.3. The Labute approximate surface area is 222 Å². The van der Waals surface area contributed by atoms with Crippen molar-refractivity contribution >= 4 is 0 Å². The van der Waals surface area contributed by atoms with Gasteiger partial charge in [0, 0.05) is 6.42 Å². The first-order valence-electron chi connectivity index (χ1n) is 12.7. The van der Waals surface area contributed by atoms with Gasteiger partial charge in [0.25, 0.3) is 0 Å². The summed E-state index contributed by atoms with van der Waals surface area (Å²) < 4.78 is 5.72. The molecule has 38 heavy (non-hydrogen) atoms. The Bertz CT molecular complexity index is 1200. The lowest BCUT2D eigenvalue weighted by atomic mass is 9.62. The lowest BCUT2D eigenvalue weighted by molar-refractivity contribution is -0.331. The van der Waals surface area contributed by atoms with Crippen molar-refractivity contribution in [3.8, 4) is 0 Å². The molecule has 5 N–H and O–H groups in total. The second-order valence-corrected chi connectivity index (χ2v) is 9.89. The molecule has 1 unspecified atom stereocenters. The fourth-order valence-corrected chi connectivity index (χ4v) is 5.76. The molecule has 0 aromatic heterocycles. The zero-order valence-electron chi connectivity index (χ0n) is 20.8. The fraction of sp³-hybridized carbons (Fsp3) is 0.250. The van der Waals surface area contributed by atoms with Gasteiger partial charge in [-0.3, -0.25) is 0 Å². The van der Waals surface area contributed by atoms with Crippen molar-refractivity contribution in [2.45, 2.75) is 48.1 Å². The van der Waals surface area contributed by atoms with Gasteiger partial charge < -0.3 is 30.3 Å². The minimum atomic E-state index is -2.19. The Hall–Kier alpha value is -3.36. The Morgan fingerprint density at radius 3 is 1.45 bits per heavy atom. The summed E-state index contributed by atoms with van der Waals surface area (Å²) in [6.07, 6.45) is -8.51. The quantitative estimate of drug-likeness (QED) is 0.244. The van der Waals surface area contributed by atoms with E-state index < -0.39 is 41.7 Å². The predicted octanol–water partition coefficient (Wildman–Crippen LogP) is 2.79. The van der Waals surface area contributed by atoms with Crippen LogP contribution in [-0.2, 0) is 16.6 Å². The van der Waals surface area contributed by atoms with Crippen LogP contribution in [0.2, 0.25) is 0 Å². The Morgan fingerprint density at radius 1 is 0.632 bits per heavy atom. The largest absolute Gasteiger partial charge is 0.389 e. The molecule has 0 spiro atoms. The lowest BCUT2D eigenvalue weighted by Gasteiger charge is -2.51. The van der Waals surface area contributed by atoms with Crippen molar-refractivity contribution in [1.82, 2.24) is 0 Å². The van der Waals surface area contributed by atoms with Gasteiger partial charge in [-0.25, -0.2) is 0 Å². The third-order valence-corrected chi connectivity index (χ3v) is 7.67. The van der Waals surface area contributed by atoms with Crippen molar-refractivity contribution in [3.05, 3.63) is 144 Å². The molecule has 0 radical (unpaired) electrons. The molecule has 1 heterocycles. The number of rotatable bonds is 7. The number of hydrogen-bond donors (Lipinski definition) is 5. The monoisotopic (exact) mass is 512 g/mol. The molecule has 1 aliphatic heterocycles. The predicted molar refractivity (Wildman–Crippen MR) is 143 cm³/mol. The fourth-order valence-electron chi connectivity index (χ4n) is 5.76. The lowest BCUT2D eigenvalue weighted by Crippen LogP contribution is -2.71. The van der Waals surface area contributed by atoms with Crippen LogP contribution in [0, 0.1) is 0 Å². The molecule has 1 fully saturated rings. The summed E-state index contributed by atoms with van der Waals surface area (Å²) in [5, 5.41) is 57.2. The first-order valence-corrected chi connectivity index (χ1v) is 12.7. The van der Waals surface area contributed by atoms with E-state index in [0.29, 0.717) is 5.56 Å². The van der Waals surface area contributed by atoms with E-state index in [-0.39, 0.29) is 6.42 Å². The van der Waals surface area contributed by atoms with Crippen LogP contribution in [0.15, 0.2) is 121 Å². The molecule has 6 heteroatoms. The van der Waals surface area contributed by atoms with Gasteiger partial charge in [-0.2, -0.15) is 0 Å². The summed E-state index contributed by atoms with van der Waals surface area (Å²) in [4.78, 5) is 0. The Balaban J connectivity index is 1.68. The molecular formula is C32H32O6. The maximum Gasteiger partial charge on any atom is 0.184 e. The zero-order chi connectivity index (χ0) is 26.8. The molecular weight excluding hydrogens is 480 g/mol. The summed E-state index contributed by atoms with van der Waals surface area (Å²) in [7, 11) is 0. The van der Waals surface area contributed by atoms with Crippen LogP contribution >= 0.6 is 0 Å². The number of ether oxygens (including phenoxy) is 1. The summed E-state index contributed by atoms with van der Waals surface area (Å²) in [6.45, 7) is 0. The van der Waals surface area contributed by atoms with E-state index in [1.165, 1.54) is 0 Å². The number of hydrogen-bond acceptors (Lipinski definition) is 6. The van der Waals surface area contributed by atoms with Crippen molar-refractivity contribution < 1.29 is 30.3 Å². The van der Waals surface area contributed by atoms with Crippen LogP contribution in [0.1, 0.15) is 22.3 Å². The third kappa shape index (κ3) is 4.46. The van der Waals surface area contributed by atoms with E-state index in [9.17, 15) is 25.5 Å². The van der Waals surface area contributed by atoms with Gasteiger partial charge in [0.2, 0.25) is 0 Å². The molecule has 0 bridgehead atoms. The van der Waals surface area contributed by atoms with Gasteiger partial charge >= 0.3 is 0 Å². The molecule has 0 aliphatic carbocycles. The highest BCUT2D eigenvalue weighted by molar-refractivity contribution is 5.52. The molecule has 6 atom stereocenters. The maximum absolute atomic E-state index is 12.3. The highest BCUT2D eigenvalue weighted by atomic mass is 16.6. The van der Waals surface area contributed by atoms with Crippen molar-refractivity contribution in [2.24, 2.45) is 0 Å². The van der Waals surface area contributed by atoms with Crippen LogP contribution in [0.5, 0.6) is 0 Å². The van der Waals surface area contributed by atoms with Crippen molar-refractivity contribution in [1.29, 1.82) is 0 Å². The maximum atomic E-state index is 12.3. The SMILES string of the molecule is OC([C@H]1O[C@H](O)[C@H](O)[C@](O)(Cc2ccccc2)[C@@H]1O)C(c1ccccc1)(c1ccccc1)c1ccccc1. The summed E-state index contributed by atoms with van der Waals surface area (Å²) in [5.41, 5.74) is -0.615. The van der Waals surface area contributed by atoms with Crippen LogP contribution in [0.4, 0.5) is 0 Å². The van der Waals surface area contributed by atoms with Gasteiger partial charge in [0.15, 0.2) is 6.29 Å². The molecule has 1 aliphatic rings. The number of aliphatic hydroxyl groups is 5. The smallest absolute Gasteiger partial charge is 0.184 e. The highest BCUT2D eigenvalue weighted by Gasteiger charge is 2.60. The summed E-state index contributed by atoms with van der Waals surface area (Å²) >= 11 is 0. The molecule has 5 rings (SSSR count). The molecule has 0 saturated carbocycles. The number of aliphatic hydroxyl groups excluding tert-OH is 4. The van der Waals surface area contributed by atoms with Crippen LogP contribution in [-0.4, -0.2) is 61.8 Å². The zero-order valence-corrected chi connectivity index (χ0v) is 20.8. The average Bonchev–Trinajstić information content (AvgIpc) is 2.97. The molecule has 196 valence electrons. The Kier molecular flexibility index (Phi) is 7.45. The summed E-state index contributed by atoms with van der Waals surface area (Å²) in [6, 6.07) is 37.1. The van der Waals surface area contributed by atoms with E-state index in [0.717, 1.165) is 16.7 Å². The van der Waals surface area contributed by atoms with Crippen molar-refractivity contribution in [2.75, 3.05) is 0 Å². The van der Waals surface area contributed by atoms with E-state index in [4.69, 9.17) is 4.74 Å². The van der Waals surface area contributed by atoms with E-state index in [2.05, 4.69) is 0 Å². The summed E-state index contributed by atoms with van der Waals surface area (Å²) in [5.74, 6) is 0. The van der Waals surface area contributed by atoms with E-state index >= 15 is 0 Å². The highest BCUT2D eigenvalue weighted by Crippen LogP contribution is 2.46. The van der Waals surface area contributed by atoms with E-state index in [1.807, 2.05) is 97.1 Å². The van der Waals surface area contributed by atoms with Gasteiger partial charge in [-0.15, -0.1) is 0 Å². The van der Waals surface area contributed by atoms with Crippen LogP contribution in [0.3, 0.4) is 0 Å². The van der Waals surface area contributed by atoms with Gasteiger partial charge in [-0.1, -0.05) is 121 Å². The number of benzene rings is 4. The molecule has 1 saturated heterocycles. The topological polar surface area (TPSA) is 110 Å². The molecule has 4 aromatic rings. The van der Waals surface area contributed by atoms with Gasteiger partial charge in [0.1, 0.15) is 30.0 Å². The third-order valence-electron chi connectivity index (χ3n) is 7.67. The van der Waals surface area contributed by atoms with Crippen LogP contribution < -0.4 is 0 Å². The minimum absolute atomic E-state index is 0.158. The first-order chi connectivity index (χ1) is 18.4. The normalized spacial score (nSPS) is 26.6. The standard InChI is InChI=1S/C32H32O6/c33-27-26(38-30(36)29(35)31(27,37)21-22-13-5-1-6-14-22)28(34)32(23-15-7-2-8-16-23,24-17-9-3-10-18-24)25-19-11-4-12-20-25/h1-20,26-30,33-37H,21H2/t26-,27+,28?,29-,30-,31-/m0/s1. The van der Waals surface area contributed by atoms with E-state index in [1.54, 1.807) is 24.3 Å². The average molecular weight is 513 g/mol. The minimum Gasteiger partial charge on any atom is -0.389 e. The second kappa shape index (κ2) is 10.8. The molecule has 0 amide bonds. The molecule has 4 aromatic carbocycles.